The molecule has 116 valence electrons. The smallest absolute Gasteiger partial charge is 0.330 e. The van der Waals surface area contributed by atoms with E-state index >= 15 is 0 Å². The molecule has 2 heterocycles. The average Bonchev–Trinajstić information content (AvgIpc) is 2.50. The van der Waals surface area contributed by atoms with Gasteiger partial charge in [0.1, 0.15) is 6.04 Å². The van der Waals surface area contributed by atoms with Gasteiger partial charge in [-0.15, -0.1) is 0 Å². The van der Waals surface area contributed by atoms with Crippen LogP contribution >= 0.6 is 0 Å². The highest BCUT2D eigenvalue weighted by atomic mass is 16.5. The molecule has 0 N–H and O–H groups in total. The lowest BCUT2D eigenvalue weighted by atomic mass is 10.0. The summed E-state index contributed by atoms with van der Waals surface area (Å²) in [7, 11) is 4.46. The molecular weight excluding hydrogens is 274 g/mol. The van der Waals surface area contributed by atoms with E-state index in [1.165, 1.54) is 24.8 Å². The highest BCUT2D eigenvalue weighted by Gasteiger charge is 2.29. The Labute approximate surface area is 122 Å². The summed E-state index contributed by atoms with van der Waals surface area (Å²) in [5.74, 6) is -0.261. The van der Waals surface area contributed by atoms with Crippen LogP contribution in [0.2, 0.25) is 0 Å². The van der Waals surface area contributed by atoms with E-state index in [2.05, 4.69) is 0 Å². The van der Waals surface area contributed by atoms with Gasteiger partial charge in [0.2, 0.25) is 0 Å². The number of methoxy groups -OCH3 is 1. The Hall–Kier alpha value is -1.89. The molecule has 1 saturated heterocycles. The van der Waals surface area contributed by atoms with Gasteiger partial charge < -0.3 is 4.74 Å². The molecule has 2 rings (SSSR count). The molecule has 7 nitrogen and oxygen atoms in total. The van der Waals surface area contributed by atoms with Gasteiger partial charge in [0.25, 0.3) is 5.56 Å². The fourth-order valence-corrected chi connectivity index (χ4v) is 2.72. The van der Waals surface area contributed by atoms with Crippen LogP contribution in [0.25, 0.3) is 0 Å². The molecule has 0 aromatic carbocycles. The maximum atomic E-state index is 11.9. The summed E-state index contributed by atoms with van der Waals surface area (Å²) in [5.41, 5.74) is -0.0808. The molecule has 1 fully saturated rings. The van der Waals surface area contributed by atoms with Crippen molar-refractivity contribution in [2.45, 2.75) is 31.8 Å². The van der Waals surface area contributed by atoms with Gasteiger partial charge in [-0.25, -0.2) is 4.79 Å². The summed E-state index contributed by atoms with van der Waals surface area (Å²) in [4.78, 5) is 37.5. The Morgan fingerprint density at radius 1 is 1.29 bits per heavy atom. The van der Waals surface area contributed by atoms with Crippen LogP contribution in [-0.4, -0.2) is 39.7 Å². The molecule has 0 unspecified atom stereocenters. The predicted octanol–water partition coefficient (Wildman–Crippen LogP) is -0.388. The fraction of sp³-hybridized carbons (Fsp3) is 0.643. The van der Waals surface area contributed by atoms with Crippen molar-refractivity contribution in [1.82, 2.24) is 14.0 Å². The van der Waals surface area contributed by atoms with E-state index in [1.54, 1.807) is 7.05 Å². The van der Waals surface area contributed by atoms with Crippen LogP contribution in [0.1, 0.15) is 25.0 Å². The third-order valence-electron chi connectivity index (χ3n) is 4.08. The Morgan fingerprint density at radius 2 is 2.00 bits per heavy atom. The first kappa shape index (κ1) is 15.5. The minimum absolute atomic E-state index is 0.261. The first-order valence-corrected chi connectivity index (χ1v) is 7.03. The number of carbonyl (C=O) groups is 1. The van der Waals surface area contributed by atoms with Crippen molar-refractivity contribution in [1.29, 1.82) is 0 Å². The monoisotopic (exact) mass is 295 g/mol. The molecule has 0 aliphatic carbocycles. The fourth-order valence-electron chi connectivity index (χ4n) is 2.72. The van der Waals surface area contributed by atoms with E-state index in [4.69, 9.17) is 4.74 Å². The molecule has 1 aliphatic heterocycles. The summed E-state index contributed by atoms with van der Waals surface area (Å²) in [6, 6.07) is 1.15. The van der Waals surface area contributed by atoms with Gasteiger partial charge in [-0.3, -0.25) is 23.6 Å². The molecule has 1 aromatic rings. The molecule has 1 atom stereocenters. The Balaban J connectivity index is 2.30. The maximum Gasteiger partial charge on any atom is 0.330 e. The lowest BCUT2D eigenvalue weighted by Gasteiger charge is -2.33. The number of nitrogens with zero attached hydrogens (tertiary/aromatic N) is 3. The van der Waals surface area contributed by atoms with E-state index in [9.17, 15) is 14.4 Å². The van der Waals surface area contributed by atoms with Crippen molar-refractivity contribution in [3.8, 4) is 0 Å². The van der Waals surface area contributed by atoms with Gasteiger partial charge in [0, 0.05) is 32.4 Å². The molecule has 0 amide bonds. The average molecular weight is 295 g/mol. The van der Waals surface area contributed by atoms with Crippen LogP contribution in [0.15, 0.2) is 15.7 Å². The van der Waals surface area contributed by atoms with Crippen LogP contribution in [0, 0.1) is 0 Å². The van der Waals surface area contributed by atoms with Gasteiger partial charge in [0.15, 0.2) is 0 Å². The molecular formula is C14H21N3O4. The summed E-state index contributed by atoms with van der Waals surface area (Å²) in [6.07, 6.45) is 2.71. The second-order valence-electron chi connectivity index (χ2n) is 5.38. The molecule has 7 heteroatoms. The van der Waals surface area contributed by atoms with Crippen LogP contribution < -0.4 is 11.2 Å². The second-order valence-corrected chi connectivity index (χ2v) is 5.38. The van der Waals surface area contributed by atoms with Gasteiger partial charge in [0.05, 0.1) is 7.11 Å². The number of likely N-dealkylation sites (tertiary alicyclic amines) is 1. The molecule has 0 radical (unpaired) electrons. The number of carbonyl (C=O) groups excluding carboxylic acids is 1. The number of hydrogen-bond donors (Lipinski definition) is 0. The van der Waals surface area contributed by atoms with Gasteiger partial charge in [-0.1, -0.05) is 6.42 Å². The van der Waals surface area contributed by atoms with Gasteiger partial charge in [-0.2, -0.15) is 0 Å². The SMILES string of the molecule is COC(=O)[C@H]1CCCCN1Cc1cc(=O)n(C)c(=O)n1C. The first-order valence-electron chi connectivity index (χ1n) is 7.03. The Bertz CT molecular complexity index is 647. The second kappa shape index (κ2) is 6.26. The van der Waals surface area contributed by atoms with Crippen molar-refractivity contribution in [3.05, 3.63) is 32.6 Å². The third-order valence-corrected chi connectivity index (χ3v) is 4.08. The number of ether oxygens (including phenoxy) is 1. The van der Waals surface area contributed by atoms with Crippen molar-refractivity contribution in [2.24, 2.45) is 14.1 Å². The number of aromatic nitrogens is 2. The topological polar surface area (TPSA) is 73.5 Å². The standard InChI is InChI=1S/C14H21N3O4/c1-15-10(8-12(18)16(2)14(15)20)9-17-7-5-4-6-11(17)13(19)21-3/h8,11H,4-7,9H2,1-3H3/t11-/m1/s1. The van der Waals surface area contributed by atoms with Crippen LogP contribution in [0.4, 0.5) is 0 Å². The molecule has 21 heavy (non-hydrogen) atoms. The maximum absolute atomic E-state index is 11.9. The van der Waals surface area contributed by atoms with E-state index in [-0.39, 0.29) is 23.3 Å². The number of esters is 1. The van der Waals surface area contributed by atoms with Crippen LogP contribution in [-0.2, 0) is 30.2 Å². The Kier molecular flexibility index (Phi) is 4.62. The minimum atomic E-state index is -0.357. The van der Waals surface area contributed by atoms with Crippen molar-refractivity contribution >= 4 is 5.97 Å². The molecule has 0 bridgehead atoms. The number of hydrogen-bond acceptors (Lipinski definition) is 5. The van der Waals surface area contributed by atoms with Crippen LogP contribution in [0.3, 0.4) is 0 Å². The third kappa shape index (κ3) is 3.07. The first-order chi connectivity index (χ1) is 9.95. The lowest BCUT2D eigenvalue weighted by molar-refractivity contribution is -0.148. The Morgan fingerprint density at radius 3 is 2.67 bits per heavy atom. The van der Waals surface area contributed by atoms with Crippen LogP contribution in [0.5, 0.6) is 0 Å². The summed E-state index contributed by atoms with van der Waals surface area (Å²) < 4.78 is 7.36. The molecule has 0 spiro atoms. The van der Waals surface area contributed by atoms with Crippen molar-refractivity contribution in [3.63, 3.8) is 0 Å². The van der Waals surface area contributed by atoms with Crippen molar-refractivity contribution in [2.75, 3.05) is 13.7 Å². The van der Waals surface area contributed by atoms with E-state index in [0.29, 0.717) is 12.2 Å². The van der Waals surface area contributed by atoms with Gasteiger partial charge >= 0.3 is 11.7 Å². The van der Waals surface area contributed by atoms with E-state index < -0.39 is 0 Å². The zero-order valence-electron chi connectivity index (χ0n) is 12.7. The highest BCUT2D eigenvalue weighted by molar-refractivity contribution is 5.75. The van der Waals surface area contributed by atoms with Crippen molar-refractivity contribution < 1.29 is 9.53 Å². The normalized spacial score (nSPS) is 19.5. The largest absolute Gasteiger partial charge is 0.468 e. The number of rotatable bonds is 3. The zero-order valence-corrected chi connectivity index (χ0v) is 12.7. The molecule has 1 aliphatic rings. The summed E-state index contributed by atoms with van der Waals surface area (Å²) >= 11 is 0. The number of piperidine rings is 1. The molecule has 1 aromatic heterocycles. The van der Waals surface area contributed by atoms with Gasteiger partial charge in [-0.05, 0) is 19.4 Å². The van der Waals surface area contributed by atoms with E-state index in [1.807, 2.05) is 4.90 Å². The summed E-state index contributed by atoms with van der Waals surface area (Å²) in [6.45, 7) is 1.14. The lowest BCUT2D eigenvalue weighted by Crippen LogP contribution is -2.46. The molecule has 0 saturated carbocycles. The quantitative estimate of drug-likeness (QED) is 0.710. The highest BCUT2D eigenvalue weighted by Crippen LogP contribution is 2.19. The predicted molar refractivity (Wildman–Crippen MR) is 77.0 cm³/mol. The van der Waals surface area contributed by atoms with E-state index in [0.717, 1.165) is 30.4 Å². The summed E-state index contributed by atoms with van der Waals surface area (Å²) in [5, 5.41) is 0. The minimum Gasteiger partial charge on any atom is -0.468 e. The zero-order chi connectivity index (χ0) is 15.6.